The lowest BCUT2D eigenvalue weighted by atomic mass is 9.98. The Balaban J connectivity index is 2.78. The van der Waals surface area contributed by atoms with E-state index in [1.54, 1.807) is 12.3 Å². The molecule has 1 heterocycles. The van der Waals surface area contributed by atoms with Crippen molar-refractivity contribution in [3.63, 3.8) is 0 Å². The summed E-state index contributed by atoms with van der Waals surface area (Å²) >= 11 is 3.21. The minimum Gasteiger partial charge on any atom is -0.481 e. The number of hydrogen-bond donors (Lipinski definition) is 2. The van der Waals surface area contributed by atoms with Gasteiger partial charge in [-0.05, 0) is 34.1 Å². The molecule has 0 radical (unpaired) electrons. The molecule has 0 amide bonds. The Morgan fingerprint density at radius 3 is 2.79 bits per heavy atom. The number of nitrogens with two attached hydrogens (primary N) is 1. The molecule has 0 aromatic carbocycles. The minimum absolute atomic E-state index is 0.0415. The van der Waals surface area contributed by atoms with Crippen molar-refractivity contribution < 1.29 is 9.90 Å². The van der Waals surface area contributed by atoms with Gasteiger partial charge in [-0.25, -0.2) is 4.98 Å². The van der Waals surface area contributed by atoms with Crippen molar-refractivity contribution in [3.05, 3.63) is 28.5 Å². The van der Waals surface area contributed by atoms with Crippen LogP contribution in [0.15, 0.2) is 22.9 Å². The molecule has 1 atom stereocenters. The fourth-order valence-corrected chi connectivity index (χ4v) is 1.41. The summed E-state index contributed by atoms with van der Waals surface area (Å²) in [6.45, 7) is 0.315. The summed E-state index contributed by atoms with van der Waals surface area (Å²) in [5.74, 6) is -1.00. The highest BCUT2D eigenvalue weighted by atomic mass is 79.9. The van der Waals surface area contributed by atoms with E-state index in [4.69, 9.17) is 10.8 Å². The maximum Gasteiger partial charge on any atom is 0.304 e. The molecule has 3 N–H and O–H groups in total. The second-order valence-electron chi connectivity index (χ2n) is 2.94. The lowest BCUT2D eigenvalue weighted by Gasteiger charge is -2.11. The average molecular weight is 259 g/mol. The van der Waals surface area contributed by atoms with E-state index in [9.17, 15) is 4.79 Å². The molecular weight excluding hydrogens is 248 g/mol. The number of aliphatic carboxylic acids is 1. The summed E-state index contributed by atoms with van der Waals surface area (Å²) in [4.78, 5) is 14.5. The number of pyridine rings is 1. The number of aromatic nitrogens is 1. The summed E-state index contributed by atoms with van der Waals surface area (Å²) < 4.78 is 0.729. The molecule has 1 aromatic rings. The number of carboxylic acids is 1. The van der Waals surface area contributed by atoms with Crippen LogP contribution >= 0.6 is 15.9 Å². The van der Waals surface area contributed by atoms with E-state index < -0.39 is 5.97 Å². The lowest BCUT2D eigenvalue weighted by Crippen LogP contribution is -2.16. The van der Waals surface area contributed by atoms with E-state index in [2.05, 4.69) is 20.9 Å². The molecule has 1 rings (SSSR count). The number of hydrogen-bond acceptors (Lipinski definition) is 3. The van der Waals surface area contributed by atoms with Gasteiger partial charge in [0, 0.05) is 12.1 Å². The highest BCUT2D eigenvalue weighted by Gasteiger charge is 2.13. The van der Waals surface area contributed by atoms with Crippen molar-refractivity contribution in [3.8, 4) is 0 Å². The normalized spacial score (nSPS) is 12.4. The van der Waals surface area contributed by atoms with E-state index in [0.717, 1.165) is 10.2 Å². The third-order valence-corrected chi connectivity index (χ3v) is 2.40. The summed E-state index contributed by atoms with van der Waals surface area (Å²) in [7, 11) is 0. The molecule has 1 unspecified atom stereocenters. The Kier molecular flexibility index (Phi) is 4.03. The SMILES string of the molecule is NCC(CC(=O)O)c1ccc(Br)nc1. The third-order valence-electron chi connectivity index (χ3n) is 1.93. The molecule has 4 nitrogen and oxygen atoms in total. The van der Waals surface area contributed by atoms with Gasteiger partial charge in [-0.3, -0.25) is 4.79 Å². The van der Waals surface area contributed by atoms with Crippen LogP contribution in [-0.2, 0) is 4.79 Å². The van der Waals surface area contributed by atoms with Crippen LogP contribution in [0, 0.1) is 0 Å². The van der Waals surface area contributed by atoms with Crippen LogP contribution in [0.4, 0.5) is 0 Å². The number of nitrogens with zero attached hydrogens (tertiary/aromatic N) is 1. The van der Waals surface area contributed by atoms with Crippen LogP contribution in [0.2, 0.25) is 0 Å². The molecular formula is C9H11BrN2O2. The largest absolute Gasteiger partial charge is 0.481 e. The Morgan fingerprint density at radius 1 is 1.64 bits per heavy atom. The third kappa shape index (κ3) is 3.08. The Bertz CT molecular complexity index is 313. The monoisotopic (exact) mass is 258 g/mol. The fourth-order valence-electron chi connectivity index (χ4n) is 1.18. The van der Waals surface area contributed by atoms with Crippen molar-refractivity contribution in [1.82, 2.24) is 4.98 Å². The van der Waals surface area contributed by atoms with Gasteiger partial charge in [0.15, 0.2) is 0 Å². The molecule has 0 fully saturated rings. The first-order valence-electron chi connectivity index (χ1n) is 4.16. The predicted octanol–water partition coefficient (Wildman–Crippen LogP) is 1.36. The molecule has 0 aliphatic rings. The topological polar surface area (TPSA) is 76.2 Å². The van der Waals surface area contributed by atoms with Gasteiger partial charge in [0.2, 0.25) is 0 Å². The Morgan fingerprint density at radius 2 is 2.36 bits per heavy atom. The first kappa shape index (κ1) is 11.1. The summed E-state index contributed by atoms with van der Waals surface area (Å²) in [5, 5.41) is 8.65. The summed E-state index contributed by atoms with van der Waals surface area (Å²) in [6, 6.07) is 3.61. The van der Waals surface area contributed by atoms with Gasteiger partial charge in [-0.2, -0.15) is 0 Å². The van der Waals surface area contributed by atoms with E-state index in [-0.39, 0.29) is 12.3 Å². The standard InChI is InChI=1S/C9H11BrN2O2/c10-8-2-1-6(5-12-8)7(4-11)3-9(13)14/h1-2,5,7H,3-4,11H2,(H,13,14). The van der Waals surface area contributed by atoms with Crippen molar-refractivity contribution in [1.29, 1.82) is 0 Å². The molecule has 76 valence electrons. The number of rotatable bonds is 4. The zero-order chi connectivity index (χ0) is 10.6. The number of carboxylic acid groups (broad SMARTS) is 1. The Hall–Kier alpha value is -0.940. The van der Waals surface area contributed by atoms with Gasteiger partial charge in [0.1, 0.15) is 4.60 Å². The highest BCUT2D eigenvalue weighted by molar-refractivity contribution is 9.10. The van der Waals surface area contributed by atoms with Crippen molar-refractivity contribution in [2.45, 2.75) is 12.3 Å². The molecule has 0 aliphatic carbocycles. The molecule has 0 aliphatic heterocycles. The first-order valence-corrected chi connectivity index (χ1v) is 4.96. The van der Waals surface area contributed by atoms with Gasteiger partial charge in [0.05, 0.1) is 6.42 Å². The Labute approximate surface area is 90.3 Å². The van der Waals surface area contributed by atoms with Gasteiger partial charge in [-0.15, -0.1) is 0 Å². The fraction of sp³-hybridized carbons (Fsp3) is 0.333. The zero-order valence-electron chi connectivity index (χ0n) is 7.48. The quantitative estimate of drug-likeness (QED) is 0.800. The summed E-state index contributed by atoms with van der Waals surface area (Å²) in [6.07, 6.45) is 1.68. The second kappa shape index (κ2) is 5.07. The van der Waals surface area contributed by atoms with Gasteiger partial charge in [0.25, 0.3) is 0 Å². The molecule has 0 saturated heterocycles. The zero-order valence-corrected chi connectivity index (χ0v) is 9.07. The van der Waals surface area contributed by atoms with E-state index in [1.807, 2.05) is 6.07 Å². The van der Waals surface area contributed by atoms with E-state index in [0.29, 0.717) is 6.54 Å². The van der Waals surface area contributed by atoms with Crippen LogP contribution in [0.5, 0.6) is 0 Å². The van der Waals surface area contributed by atoms with Crippen LogP contribution < -0.4 is 5.73 Å². The van der Waals surface area contributed by atoms with Gasteiger partial charge < -0.3 is 10.8 Å². The van der Waals surface area contributed by atoms with Crippen molar-refractivity contribution in [2.24, 2.45) is 5.73 Å². The van der Waals surface area contributed by atoms with Gasteiger partial charge >= 0.3 is 5.97 Å². The van der Waals surface area contributed by atoms with E-state index in [1.165, 1.54) is 0 Å². The molecule has 5 heteroatoms. The molecule has 0 spiro atoms. The lowest BCUT2D eigenvalue weighted by molar-refractivity contribution is -0.137. The van der Waals surface area contributed by atoms with Crippen LogP contribution in [0.3, 0.4) is 0 Å². The van der Waals surface area contributed by atoms with Crippen LogP contribution in [0.1, 0.15) is 17.9 Å². The van der Waals surface area contributed by atoms with Crippen LogP contribution in [0.25, 0.3) is 0 Å². The summed E-state index contributed by atoms with van der Waals surface area (Å²) in [5.41, 5.74) is 6.35. The highest BCUT2D eigenvalue weighted by Crippen LogP contribution is 2.18. The molecule has 0 bridgehead atoms. The molecule has 14 heavy (non-hydrogen) atoms. The molecule has 1 aromatic heterocycles. The van der Waals surface area contributed by atoms with Crippen LogP contribution in [-0.4, -0.2) is 22.6 Å². The number of carbonyl (C=O) groups is 1. The van der Waals surface area contributed by atoms with Gasteiger partial charge in [-0.1, -0.05) is 6.07 Å². The average Bonchev–Trinajstić information content (AvgIpc) is 2.15. The van der Waals surface area contributed by atoms with E-state index >= 15 is 0 Å². The van der Waals surface area contributed by atoms with Crippen molar-refractivity contribution >= 4 is 21.9 Å². The second-order valence-corrected chi connectivity index (χ2v) is 3.76. The number of halogens is 1. The molecule has 0 saturated carbocycles. The predicted molar refractivity (Wildman–Crippen MR) is 56.0 cm³/mol. The maximum atomic E-state index is 10.5. The first-order chi connectivity index (χ1) is 6.63. The minimum atomic E-state index is -0.844. The van der Waals surface area contributed by atoms with Crippen molar-refractivity contribution in [2.75, 3.05) is 6.54 Å². The maximum absolute atomic E-state index is 10.5. The smallest absolute Gasteiger partial charge is 0.304 e.